The van der Waals surface area contributed by atoms with E-state index in [0.717, 1.165) is 29.4 Å². The van der Waals surface area contributed by atoms with Gasteiger partial charge < -0.3 is 47.4 Å². The van der Waals surface area contributed by atoms with Gasteiger partial charge in [-0.15, -0.1) is 70.6 Å². The summed E-state index contributed by atoms with van der Waals surface area (Å²) in [7, 11) is 0. The number of fused-ring (bicyclic) bond motifs is 2. The highest BCUT2D eigenvalue weighted by molar-refractivity contribution is 8.10. The maximum atomic E-state index is 6.27. The molecule has 59 heavy (non-hydrogen) atoms. The van der Waals surface area contributed by atoms with Crippen LogP contribution in [0.4, 0.5) is 0 Å². The molecule has 10 nitrogen and oxygen atoms in total. The number of thioether (sulfide) groups is 6. The Kier molecular flexibility index (Phi) is 20.6. The molecule has 4 saturated heterocycles. The lowest BCUT2D eigenvalue weighted by Gasteiger charge is -2.25. The number of hydrogen-bond acceptors (Lipinski definition) is 16. The highest BCUT2D eigenvalue weighted by Gasteiger charge is 2.45. The molecule has 7 rings (SSSR count). The lowest BCUT2D eigenvalue weighted by atomic mass is 10.0. The third-order valence-electron chi connectivity index (χ3n) is 11.3. The molecule has 0 radical (unpaired) electrons. The monoisotopic (exact) mass is 934 g/mol. The van der Waals surface area contributed by atoms with E-state index in [9.17, 15) is 0 Å². The Morgan fingerprint density at radius 3 is 2.14 bits per heavy atom. The predicted octanol–water partition coefficient (Wildman–Crippen LogP) is 8.27. The van der Waals surface area contributed by atoms with Gasteiger partial charge in [-0.1, -0.05) is 12.2 Å². The first kappa shape index (κ1) is 47.3. The molecular weight excluding hydrogens is 869 g/mol. The minimum Gasteiger partial charge on any atom is -0.492 e. The molecule has 0 aliphatic carbocycles. The molecule has 7 aliphatic heterocycles. The van der Waals surface area contributed by atoms with Crippen LogP contribution in [0.3, 0.4) is 0 Å². The van der Waals surface area contributed by atoms with E-state index in [2.05, 4.69) is 53.7 Å². The molecule has 0 aromatic carbocycles. The van der Waals surface area contributed by atoms with Gasteiger partial charge in [-0.05, 0) is 62.0 Å². The van der Waals surface area contributed by atoms with Gasteiger partial charge in [-0.25, -0.2) is 0 Å². The summed E-state index contributed by atoms with van der Waals surface area (Å²) in [6, 6.07) is 0. The SMILES string of the molecule is CCOCCOCCOCC(/C=C(\SC)C1CCC(C2CCC(C3=CC(COCCOCCOCC)C(C4=C5OCCOC5CS4)S3)S2)S1)CC1=C2OCCOC2CS1. The lowest BCUT2D eigenvalue weighted by molar-refractivity contribution is -0.0305. The van der Waals surface area contributed by atoms with E-state index in [-0.39, 0.29) is 18.1 Å². The van der Waals surface area contributed by atoms with E-state index in [1.54, 1.807) is 4.91 Å². The topological polar surface area (TPSA) is 92.3 Å². The van der Waals surface area contributed by atoms with Crippen LogP contribution >= 0.6 is 70.6 Å². The minimum atomic E-state index is 0.0945. The molecule has 7 aliphatic rings. The molecule has 9 unspecified atom stereocenters. The molecule has 0 aromatic heterocycles. The average molecular weight is 935 g/mol. The Bertz CT molecular complexity index is 1430. The summed E-state index contributed by atoms with van der Waals surface area (Å²) in [4.78, 5) is 5.74. The second-order valence-corrected chi connectivity index (χ2v) is 22.5. The fourth-order valence-corrected chi connectivity index (χ4v) is 17.5. The van der Waals surface area contributed by atoms with E-state index >= 15 is 0 Å². The summed E-state index contributed by atoms with van der Waals surface area (Å²) in [6.45, 7) is 14.3. The number of ether oxygens (including phenoxy) is 10. The summed E-state index contributed by atoms with van der Waals surface area (Å²) in [6.07, 6.45) is 13.5. The zero-order valence-corrected chi connectivity index (χ0v) is 40.0. The van der Waals surface area contributed by atoms with Crippen LogP contribution in [-0.2, 0) is 47.4 Å². The fourth-order valence-electron chi connectivity index (χ4n) is 8.42. The smallest absolute Gasteiger partial charge is 0.136 e. The van der Waals surface area contributed by atoms with Crippen molar-refractivity contribution in [1.29, 1.82) is 0 Å². The van der Waals surface area contributed by atoms with Crippen LogP contribution in [0.15, 0.2) is 43.3 Å². The van der Waals surface area contributed by atoms with Crippen molar-refractivity contribution in [2.24, 2.45) is 11.8 Å². The zero-order valence-electron chi connectivity index (χ0n) is 35.1. The van der Waals surface area contributed by atoms with Crippen LogP contribution < -0.4 is 0 Å². The van der Waals surface area contributed by atoms with Crippen molar-refractivity contribution in [3.63, 3.8) is 0 Å². The second-order valence-electron chi connectivity index (χ2n) is 15.3. The van der Waals surface area contributed by atoms with Gasteiger partial charge in [-0.3, -0.25) is 0 Å². The van der Waals surface area contributed by atoms with Gasteiger partial charge in [0.2, 0.25) is 0 Å². The number of allylic oxidation sites excluding steroid dienone is 1. The maximum Gasteiger partial charge on any atom is 0.136 e. The van der Waals surface area contributed by atoms with Crippen LogP contribution in [0.1, 0.15) is 46.0 Å². The van der Waals surface area contributed by atoms with Gasteiger partial charge in [0.25, 0.3) is 0 Å². The zero-order chi connectivity index (χ0) is 40.7. The van der Waals surface area contributed by atoms with Crippen LogP contribution in [0.2, 0.25) is 0 Å². The van der Waals surface area contributed by atoms with Gasteiger partial charge >= 0.3 is 0 Å². The highest BCUT2D eigenvalue weighted by atomic mass is 32.2. The highest BCUT2D eigenvalue weighted by Crippen LogP contribution is 2.56. The summed E-state index contributed by atoms with van der Waals surface area (Å²) in [5.74, 6) is 4.62. The number of hydrogen-bond donors (Lipinski definition) is 0. The van der Waals surface area contributed by atoms with E-state index < -0.39 is 0 Å². The Hall–Kier alpha value is 0.340. The first-order valence-corrected chi connectivity index (χ1v) is 27.7. The molecule has 16 heteroatoms. The van der Waals surface area contributed by atoms with Crippen molar-refractivity contribution >= 4 is 70.6 Å². The lowest BCUT2D eigenvalue weighted by Crippen LogP contribution is -2.27. The molecule has 0 aromatic rings. The summed E-state index contributed by atoms with van der Waals surface area (Å²) in [5.41, 5.74) is 0. The first-order valence-electron chi connectivity index (χ1n) is 21.8. The van der Waals surface area contributed by atoms with Crippen LogP contribution in [-0.4, -0.2) is 162 Å². The molecule has 0 saturated carbocycles. The van der Waals surface area contributed by atoms with Crippen molar-refractivity contribution in [2.75, 3.05) is 123 Å². The third-order valence-corrected chi connectivity index (χ3v) is 20.2. The predicted molar refractivity (Wildman–Crippen MR) is 248 cm³/mol. The van der Waals surface area contributed by atoms with E-state index in [1.807, 2.05) is 49.1 Å². The van der Waals surface area contributed by atoms with Gasteiger partial charge in [0, 0.05) is 67.4 Å². The van der Waals surface area contributed by atoms with Crippen LogP contribution in [0, 0.1) is 11.8 Å². The molecule has 9 atom stereocenters. The Labute approximate surface area is 378 Å². The van der Waals surface area contributed by atoms with Crippen molar-refractivity contribution in [3.05, 3.63) is 43.3 Å². The van der Waals surface area contributed by atoms with Crippen LogP contribution in [0.5, 0.6) is 0 Å². The fraction of sp³-hybridized carbons (Fsp3) is 0.814. The first-order chi connectivity index (χ1) is 29.1. The standard InChI is InChI=1S/C43H66O10S6/c1-4-44-10-12-46-14-16-48-25-29(23-39-40-31(27-55-39)50-18-20-52-40)22-37(54-3)35-8-6-33(57-35)34-7-9-36(58-34)38-24-30(26-49-17-15-47-13-11-45-5-2)42(59-38)43-41-32(28-56-43)51-19-21-53-41/h22,24,29-36,42H,4-21,23,25-28H2,1-3H3/b37-22-. The van der Waals surface area contributed by atoms with Crippen LogP contribution in [0.25, 0.3) is 0 Å². The van der Waals surface area contributed by atoms with E-state index in [4.69, 9.17) is 47.4 Å². The van der Waals surface area contributed by atoms with Crippen molar-refractivity contribution < 1.29 is 47.4 Å². The van der Waals surface area contributed by atoms with Gasteiger partial charge in [-0.2, -0.15) is 0 Å². The van der Waals surface area contributed by atoms with Gasteiger partial charge in [0.05, 0.1) is 84.5 Å². The van der Waals surface area contributed by atoms with Crippen molar-refractivity contribution in [2.45, 2.75) is 84.4 Å². The largest absolute Gasteiger partial charge is 0.492 e. The van der Waals surface area contributed by atoms with Gasteiger partial charge in [0.1, 0.15) is 36.9 Å². The summed E-state index contributed by atoms with van der Waals surface area (Å²) >= 11 is 12.3. The quantitative estimate of drug-likeness (QED) is 0.0779. The third kappa shape index (κ3) is 13.7. The summed E-state index contributed by atoms with van der Waals surface area (Å²) in [5, 5.41) is 2.74. The summed E-state index contributed by atoms with van der Waals surface area (Å²) < 4.78 is 59.3. The average Bonchev–Trinajstić information content (AvgIpc) is 4.12. The molecule has 0 amide bonds. The Balaban J connectivity index is 0.941. The maximum absolute atomic E-state index is 6.27. The number of rotatable bonds is 26. The second kappa shape index (κ2) is 25.7. The van der Waals surface area contributed by atoms with E-state index in [1.165, 1.54) is 40.4 Å². The Morgan fingerprint density at radius 1 is 0.746 bits per heavy atom. The molecule has 0 bridgehead atoms. The molecule has 4 fully saturated rings. The molecule has 0 spiro atoms. The van der Waals surface area contributed by atoms with E-state index in [0.29, 0.717) is 138 Å². The molecular formula is C43H66O10S6. The normalized spacial score (nSPS) is 31.4. The molecule has 0 N–H and O–H groups in total. The minimum absolute atomic E-state index is 0.0945. The molecule has 7 heterocycles. The van der Waals surface area contributed by atoms with Gasteiger partial charge in [0.15, 0.2) is 0 Å². The van der Waals surface area contributed by atoms with Crippen molar-refractivity contribution in [1.82, 2.24) is 0 Å². The van der Waals surface area contributed by atoms with Crippen molar-refractivity contribution in [3.8, 4) is 0 Å². The Morgan fingerprint density at radius 2 is 1.39 bits per heavy atom. The molecule has 334 valence electrons.